The maximum absolute atomic E-state index is 12.4. The van der Waals surface area contributed by atoms with Crippen molar-refractivity contribution in [3.8, 4) is 17.9 Å². The average Bonchev–Trinajstić information content (AvgIpc) is 3.09. The van der Waals surface area contributed by atoms with Crippen LogP contribution in [0, 0.1) is 29.6 Å². The molecular formula is C25H22BrN5O3. The molecule has 9 heteroatoms. The minimum absolute atomic E-state index is 0.0526. The Balaban J connectivity index is 1.62. The van der Waals surface area contributed by atoms with Gasteiger partial charge < -0.3 is 20.1 Å². The third-order valence-electron chi connectivity index (χ3n) is 5.97. The molecule has 2 N–H and O–H groups in total. The summed E-state index contributed by atoms with van der Waals surface area (Å²) in [5.74, 6) is 0.596. The van der Waals surface area contributed by atoms with Crippen LogP contribution in [0.2, 0.25) is 0 Å². The number of nitrogens with two attached hydrogens (primary N) is 1. The third-order valence-corrected chi connectivity index (χ3v) is 6.59. The Morgan fingerprint density at radius 3 is 2.68 bits per heavy atom. The Labute approximate surface area is 206 Å². The molecule has 1 saturated heterocycles. The molecule has 1 aromatic heterocycles. The maximum Gasteiger partial charge on any atom is 0.260 e. The van der Waals surface area contributed by atoms with Crippen LogP contribution in [0.4, 0.5) is 5.82 Å². The van der Waals surface area contributed by atoms with Gasteiger partial charge in [-0.15, -0.1) is 0 Å². The van der Waals surface area contributed by atoms with Crippen LogP contribution >= 0.6 is 15.9 Å². The van der Waals surface area contributed by atoms with Gasteiger partial charge in [0.2, 0.25) is 0 Å². The SMILES string of the molecule is CC1=C(C#N)c2nc(N)c(C#N)c(C)c2/C1=C\c1ccc(OCC(=O)N2CCOCC2)c(Br)c1. The largest absolute Gasteiger partial charge is 0.483 e. The molecule has 2 aliphatic rings. The summed E-state index contributed by atoms with van der Waals surface area (Å²) >= 11 is 3.53. The van der Waals surface area contributed by atoms with Crippen LogP contribution in [0.1, 0.15) is 34.9 Å². The number of pyridine rings is 1. The first-order valence-corrected chi connectivity index (χ1v) is 11.5. The molecule has 4 rings (SSSR count). The quantitative estimate of drug-likeness (QED) is 0.652. The van der Waals surface area contributed by atoms with Crippen LogP contribution in [-0.2, 0) is 9.53 Å². The number of nitriles is 2. The number of rotatable bonds is 4. The fraction of sp³-hybridized carbons (Fsp3) is 0.280. The fourth-order valence-electron chi connectivity index (χ4n) is 4.13. The number of aromatic nitrogens is 1. The van der Waals surface area contributed by atoms with Gasteiger partial charge >= 0.3 is 0 Å². The van der Waals surface area contributed by atoms with E-state index in [2.05, 4.69) is 33.1 Å². The Morgan fingerprint density at radius 1 is 1.29 bits per heavy atom. The van der Waals surface area contributed by atoms with E-state index in [0.717, 1.165) is 22.3 Å². The van der Waals surface area contributed by atoms with Gasteiger partial charge in [-0.3, -0.25) is 4.79 Å². The highest BCUT2D eigenvalue weighted by atomic mass is 79.9. The smallest absolute Gasteiger partial charge is 0.260 e. The number of hydrogen-bond acceptors (Lipinski definition) is 7. The second kappa shape index (κ2) is 9.68. The molecule has 8 nitrogen and oxygen atoms in total. The van der Waals surface area contributed by atoms with E-state index in [-0.39, 0.29) is 18.3 Å². The molecule has 172 valence electrons. The Morgan fingerprint density at radius 2 is 2.03 bits per heavy atom. The Bertz CT molecular complexity index is 1330. The fourth-order valence-corrected chi connectivity index (χ4v) is 4.64. The predicted molar refractivity (Wildman–Crippen MR) is 131 cm³/mol. The van der Waals surface area contributed by atoms with Crippen molar-refractivity contribution in [1.82, 2.24) is 9.88 Å². The van der Waals surface area contributed by atoms with Crippen molar-refractivity contribution in [1.29, 1.82) is 10.5 Å². The molecule has 0 saturated carbocycles. The van der Waals surface area contributed by atoms with Gasteiger partial charge in [-0.25, -0.2) is 4.98 Å². The van der Waals surface area contributed by atoms with E-state index in [1.807, 2.05) is 32.1 Å². The van der Waals surface area contributed by atoms with Crippen LogP contribution in [-0.4, -0.2) is 48.7 Å². The van der Waals surface area contributed by atoms with E-state index in [0.29, 0.717) is 58.9 Å². The second-order valence-corrected chi connectivity index (χ2v) is 8.83. The summed E-state index contributed by atoms with van der Waals surface area (Å²) in [6, 6.07) is 9.87. The number of morpholine rings is 1. The normalized spacial score (nSPS) is 16.3. The number of hydrogen-bond donors (Lipinski definition) is 1. The second-order valence-electron chi connectivity index (χ2n) is 7.97. The lowest BCUT2D eigenvalue weighted by molar-refractivity contribution is -0.137. The zero-order chi connectivity index (χ0) is 24.4. The lowest BCUT2D eigenvalue weighted by Crippen LogP contribution is -2.43. The van der Waals surface area contributed by atoms with E-state index >= 15 is 0 Å². The molecule has 2 heterocycles. The highest BCUT2D eigenvalue weighted by Crippen LogP contribution is 2.44. The molecule has 0 unspecified atom stereocenters. The highest BCUT2D eigenvalue weighted by molar-refractivity contribution is 9.10. The summed E-state index contributed by atoms with van der Waals surface area (Å²) in [6.45, 7) is 5.85. The summed E-state index contributed by atoms with van der Waals surface area (Å²) in [5.41, 5.74) is 11.1. The minimum Gasteiger partial charge on any atom is -0.483 e. The summed E-state index contributed by atoms with van der Waals surface area (Å²) < 4.78 is 11.7. The number of nitrogen functional groups attached to an aromatic ring is 1. The summed E-state index contributed by atoms with van der Waals surface area (Å²) in [5, 5.41) is 19.2. The van der Waals surface area contributed by atoms with Crippen LogP contribution in [0.15, 0.2) is 28.2 Å². The van der Waals surface area contributed by atoms with Crippen molar-refractivity contribution in [2.75, 3.05) is 38.6 Å². The molecule has 2 aromatic rings. The molecular weight excluding hydrogens is 498 g/mol. The van der Waals surface area contributed by atoms with Gasteiger partial charge in [-0.2, -0.15) is 10.5 Å². The van der Waals surface area contributed by atoms with Gasteiger partial charge in [0.15, 0.2) is 6.61 Å². The summed E-state index contributed by atoms with van der Waals surface area (Å²) in [7, 11) is 0. The molecule has 0 radical (unpaired) electrons. The van der Waals surface area contributed by atoms with Gasteiger partial charge in [-0.05, 0) is 70.3 Å². The molecule has 0 atom stereocenters. The van der Waals surface area contributed by atoms with E-state index in [9.17, 15) is 15.3 Å². The molecule has 1 aliphatic carbocycles. The molecule has 0 bridgehead atoms. The van der Waals surface area contributed by atoms with Crippen LogP contribution in [0.5, 0.6) is 5.75 Å². The lowest BCUT2D eigenvalue weighted by Gasteiger charge is -2.26. The van der Waals surface area contributed by atoms with E-state index < -0.39 is 0 Å². The standard InChI is InChI=1S/C25H22BrN5O3/c1-14-17(23-15(2)19(12-28)25(29)30-24(23)18(14)11-27)9-16-3-4-21(20(26)10-16)34-13-22(32)31-5-7-33-8-6-31/h3-4,9-10H,5-8,13H2,1-2H3,(H2,29,30)/b17-9-. The molecule has 0 spiro atoms. The van der Waals surface area contributed by atoms with Crippen LogP contribution in [0.3, 0.4) is 0 Å². The highest BCUT2D eigenvalue weighted by Gasteiger charge is 2.29. The van der Waals surface area contributed by atoms with Gasteiger partial charge in [0, 0.05) is 18.7 Å². The Hall–Kier alpha value is -3.66. The molecule has 1 aromatic carbocycles. The first-order chi connectivity index (χ1) is 16.3. The first-order valence-electron chi connectivity index (χ1n) is 10.7. The van der Waals surface area contributed by atoms with E-state index in [1.165, 1.54) is 0 Å². The predicted octanol–water partition coefficient (Wildman–Crippen LogP) is 3.70. The van der Waals surface area contributed by atoms with Gasteiger partial charge in [0.25, 0.3) is 5.91 Å². The number of carbonyl (C=O) groups excluding carboxylic acids is 1. The molecule has 34 heavy (non-hydrogen) atoms. The lowest BCUT2D eigenvalue weighted by atomic mass is 9.95. The van der Waals surface area contributed by atoms with Gasteiger partial charge in [-0.1, -0.05) is 6.07 Å². The number of ether oxygens (including phenoxy) is 2. The monoisotopic (exact) mass is 519 g/mol. The van der Waals surface area contributed by atoms with Gasteiger partial charge in [0.05, 0.1) is 34.5 Å². The van der Waals surface area contributed by atoms with Crippen molar-refractivity contribution in [3.05, 3.63) is 56.2 Å². The molecule has 1 amide bonds. The average molecular weight is 520 g/mol. The minimum atomic E-state index is -0.0794. The van der Waals surface area contributed by atoms with Crippen LogP contribution in [0.25, 0.3) is 17.2 Å². The number of anilines is 1. The number of carbonyl (C=O) groups is 1. The number of amides is 1. The summed E-state index contributed by atoms with van der Waals surface area (Å²) in [6.07, 6.45) is 1.94. The van der Waals surface area contributed by atoms with E-state index in [1.54, 1.807) is 11.0 Å². The number of halogens is 1. The van der Waals surface area contributed by atoms with E-state index in [4.69, 9.17) is 15.2 Å². The number of benzene rings is 1. The molecule has 1 fully saturated rings. The zero-order valence-corrected chi connectivity index (χ0v) is 20.4. The number of nitrogens with zero attached hydrogens (tertiary/aromatic N) is 4. The maximum atomic E-state index is 12.4. The topological polar surface area (TPSA) is 125 Å². The Kier molecular flexibility index (Phi) is 6.69. The van der Waals surface area contributed by atoms with Gasteiger partial charge in [0.1, 0.15) is 23.7 Å². The molecule has 1 aliphatic heterocycles. The first kappa shape index (κ1) is 23.5. The van der Waals surface area contributed by atoms with Crippen LogP contribution < -0.4 is 10.5 Å². The van der Waals surface area contributed by atoms with Crippen molar-refractivity contribution in [2.45, 2.75) is 13.8 Å². The van der Waals surface area contributed by atoms with Crippen molar-refractivity contribution in [2.24, 2.45) is 0 Å². The number of allylic oxidation sites excluding steroid dienone is 3. The van der Waals surface area contributed by atoms with Crippen molar-refractivity contribution < 1.29 is 14.3 Å². The van der Waals surface area contributed by atoms with Crippen molar-refractivity contribution in [3.63, 3.8) is 0 Å². The summed E-state index contributed by atoms with van der Waals surface area (Å²) in [4.78, 5) is 18.4. The zero-order valence-electron chi connectivity index (χ0n) is 18.8. The third kappa shape index (κ3) is 4.28. The number of fused-ring (bicyclic) bond motifs is 1. The van der Waals surface area contributed by atoms with Crippen molar-refractivity contribution >= 4 is 44.9 Å².